The summed E-state index contributed by atoms with van der Waals surface area (Å²) in [6.45, 7) is 7.11. The van der Waals surface area contributed by atoms with Crippen molar-refractivity contribution in [2.24, 2.45) is 5.84 Å². The van der Waals surface area contributed by atoms with Gasteiger partial charge in [0.2, 0.25) is 17.8 Å². The lowest BCUT2D eigenvalue weighted by molar-refractivity contribution is 0.670. The van der Waals surface area contributed by atoms with Gasteiger partial charge in [0.25, 0.3) is 0 Å². The highest BCUT2D eigenvalue weighted by atomic mass is 32.2. The van der Waals surface area contributed by atoms with E-state index in [1.165, 1.54) is 0 Å². The zero-order valence-corrected chi connectivity index (χ0v) is 12.7. The third kappa shape index (κ3) is 3.34. The van der Waals surface area contributed by atoms with Crippen molar-refractivity contribution in [3.8, 4) is 0 Å². The van der Waals surface area contributed by atoms with Crippen LogP contribution in [-0.4, -0.2) is 56.8 Å². The van der Waals surface area contributed by atoms with Crippen LogP contribution in [0.15, 0.2) is 0 Å². The predicted molar refractivity (Wildman–Crippen MR) is 81.3 cm³/mol. The number of nitrogen functional groups attached to an aromatic ring is 1. The highest BCUT2D eigenvalue weighted by Crippen LogP contribution is 2.17. The van der Waals surface area contributed by atoms with Gasteiger partial charge < -0.3 is 9.80 Å². The average molecular weight is 299 g/mol. The molecule has 0 aromatic carbocycles. The lowest BCUT2D eigenvalue weighted by atomic mass is 10.5. The molecule has 1 fully saturated rings. The summed E-state index contributed by atoms with van der Waals surface area (Å²) in [6.07, 6.45) is 0. The Hall–Kier alpha value is -1.48. The minimum atomic E-state index is -0.723. The van der Waals surface area contributed by atoms with Crippen LogP contribution in [0.1, 0.15) is 13.8 Å². The van der Waals surface area contributed by atoms with Gasteiger partial charge in [0, 0.05) is 48.5 Å². The normalized spacial score (nSPS) is 16.2. The Bertz CT molecular complexity index is 470. The maximum atomic E-state index is 11.4. The maximum absolute atomic E-state index is 11.4. The second-order valence-electron chi connectivity index (χ2n) is 4.41. The molecular formula is C11H21N7OS. The lowest BCUT2D eigenvalue weighted by Crippen LogP contribution is -2.39. The molecule has 9 heteroatoms. The molecule has 3 N–H and O–H groups in total. The van der Waals surface area contributed by atoms with Gasteiger partial charge in [-0.3, -0.25) is 9.63 Å². The van der Waals surface area contributed by atoms with Crippen LogP contribution in [0.4, 0.5) is 17.8 Å². The molecule has 0 amide bonds. The van der Waals surface area contributed by atoms with Gasteiger partial charge in [0.15, 0.2) is 0 Å². The van der Waals surface area contributed by atoms with E-state index in [1.807, 2.05) is 23.6 Å². The standard InChI is InChI=1S/C11H21N7OS/c1-3-17(4-2)10-13-9(16-12)14-11(15-10)18-5-7-20(19)8-6-18/h3-8,12H2,1-2H3,(H,13,14,15,16). The SMILES string of the molecule is CCN(CC)c1nc(NN)nc(N2CCS(=O)CC2)n1. The monoisotopic (exact) mass is 299 g/mol. The number of aromatic nitrogens is 3. The number of hydrazine groups is 1. The molecule has 2 heterocycles. The Balaban J connectivity index is 2.27. The van der Waals surface area contributed by atoms with E-state index in [9.17, 15) is 4.21 Å². The van der Waals surface area contributed by atoms with Gasteiger partial charge in [0.05, 0.1) is 0 Å². The van der Waals surface area contributed by atoms with E-state index in [-0.39, 0.29) is 0 Å². The van der Waals surface area contributed by atoms with E-state index in [4.69, 9.17) is 5.84 Å². The Labute approximate surface area is 121 Å². The van der Waals surface area contributed by atoms with Crippen molar-refractivity contribution in [2.45, 2.75) is 13.8 Å². The quantitative estimate of drug-likeness (QED) is 0.558. The minimum absolute atomic E-state index is 0.351. The predicted octanol–water partition coefficient (Wildman–Crippen LogP) is -0.428. The molecule has 1 aromatic heterocycles. The summed E-state index contributed by atoms with van der Waals surface area (Å²) in [7, 11) is -0.723. The summed E-state index contributed by atoms with van der Waals surface area (Å²) in [4.78, 5) is 17.1. The summed E-state index contributed by atoms with van der Waals surface area (Å²) in [5.41, 5.74) is 2.48. The van der Waals surface area contributed by atoms with Crippen LogP contribution < -0.4 is 21.1 Å². The zero-order chi connectivity index (χ0) is 14.5. The molecule has 1 aromatic rings. The van der Waals surface area contributed by atoms with Crippen LogP contribution in [0.3, 0.4) is 0 Å². The molecule has 0 saturated carbocycles. The first-order chi connectivity index (χ1) is 9.67. The number of anilines is 3. The van der Waals surface area contributed by atoms with Crippen molar-refractivity contribution in [1.82, 2.24) is 15.0 Å². The van der Waals surface area contributed by atoms with Crippen molar-refractivity contribution in [2.75, 3.05) is 52.9 Å². The molecule has 1 aliphatic heterocycles. The Kier molecular flexibility index (Phi) is 5.07. The molecule has 0 radical (unpaired) electrons. The highest BCUT2D eigenvalue weighted by molar-refractivity contribution is 7.85. The zero-order valence-electron chi connectivity index (χ0n) is 11.9. The first-order valence-electron chi connectivity index (χ1n) is 6.75. The molecular weight excluding hydrogens is 278 g/mol. The van der Waals surface area contributed by atoms with Gasteiger partial charge in [-0.2, -0.15) is 15.0 Å². The van der Waals surface area contributed by atoms with Crippen LogP contribution in [0.25, 0.3) is 0 Å². The van der Waals surface area contributed by atoms with Gasteiger partial charge in [-0.05, 0) is 13.8 Å². The molecule has 8 nitrogen and oxygen atoms in total. The van der Waals surface area contributed by atoms with Gasteiger partial charge in [-0.15, -0.1) is 0 Å². The molecule has 1 aliphatic rings. The molecule has 0 atom stereocenters. The van der Waals surface area contributed by atoms with Crippen molar-refractivity contribution in [1.29, 1.82) is 0 Å². The summed E-state index contributed by atoms with van der Waals surface area (Å²) in [5, 5.41) is 0. The van der Waals surface area contributed by atoms with E-state index in [0.717, 1.165) is 13.1 Å². The van der Waals surface area contributed by atoms with Gasteiger partial charge >= 0.3 is 0 Å². The fourth-order valence-electron chi connectivity index (χ4n) is 2.05. The fourth-order valence-corrected chi connectivity index (χ4v) is 3.10. The molecule has 20 heavy (non-hydrogen) atoms. The molecule has 0 aliphatic carbocycles. The van der Waals surface area contributed by atoms with Crippen LogP contribution in [0.5, 0.6) is 0 Å². The third-order valence-electron chi connectivity index (χ3n) is 3.25. The number of nitrogens with zero attached hydrogens (tertiary/aromatic N) is 5. The van der Waals surface area contributed by atoms with Gasteiger partial charge in [-0.1, -0.05) is 0 Å². The second-order valence-corrected chi connectivity index (χ2v) is 6.11. The fraction of sp³-hybridized carbons (Fsp3) is 0.727. The summed E-state index contributed by atoms with van der Waals surface area (Å²) in [5.74, 6) is 8.29. The molecule has 0 spiro atoms. The summed E-state index contributed by atoms with van der Waals surface area (Å²) in [6, 6.07) is 0. The summed E-state index contributed by atoms with van der Waals surface area (Å²) >= 11 is 0. The maximum Gasteiger partial charge on any atom is 0.243 e. The first-order valence-corrected chi connectivity index (χ1v) is 8.24. The molecule has 2 rings (SSSR count). The van der Waals surface area contributed by atoms with E-state index in [0.29, 0.717) is 42.4 Å². The van der Waals surface area contributed by atoms with Gasteiger partial charge in [0.1, 0.15) is 0 Å². The minimum Gasteiger partial charge on any atom is -0.341 e. The first kappa shape index (κ1) is 14.9. The van der Waals surface area contributed by atoms with Crippen LogP contribution in [-0.2, 0) is 10.8 Å². The molecule has 1 saturated heterocycles. The molecule has 0 bridgehead atoms. The van der Waals surface area contributed by atoms with E-state index >= 15 is 0 Å². The number of hydrogen-bond acceptors (Lipinski definition) is 8. The molecule has 112 valence electrons. The Morgan fingerprint density at radius 1 is 1.25 bits per heavy atom. The van der Waals surface area contributed by atoms with Crippen LogP contribution in [0.2, 0.25) is 0 Å². The number of nitrogens with one attached hydrogen (secondary N) is 1. The van der Waals surface area contributed by atoms with Crippen molar-refractivity contribution < 1.29 is 4.21 Å². The van der Waals surface area contributed by atoms with Crippen molar-refractivity contribution in [3.63, 3.8) is 0 Å². The van der Waals surface area contributed by atoms with Crippen molar-refractivity contribution >= 4 is 28.6 Å². The average Bonchev–Trinajstić information content (AvgIpc) is 2.49. The van der Waals surface area contributed by atoms with E-state index in [1.54, 1.807) is 0 Å². The topological polar surface area (TPSA) is 100 Å². The van der Waals surface area contributed by atoms with Crippen LogP contribution >= 0.6 is 0 Å². The smallest absolute Gasteiger partial charge is 0.243 e. The van der Waals surface area contributed by atoms with Crippen molar-refractivity contribution in [3.05, 3.63) is 0 Å². The molecule has 0 unspecified atom stereocenters. The highest BCUT2D eigenvalue weighted by Gasteiger charge is 2.20. The second kappa shape index (κ2) is 6.80. The third-order valence-corrected chi connectivity index (χ3v) is 4.52. The Morgan fingerprint density at radius 2 is 1.90 bits per heavy atom. The van der Waals surface area contributed by atoms with Gasteiger partial charge in [-0.25, -0.2) is 5.84 Å². The summed E-state index contributed by atoms with van der Waals surface area (Å²) < 4.78 is 11.4. The number of rotatable bonds is 5. The van der Waals surface area contributed by atoms with E-state index in [2.05, 4.69) is 20.4 Å². The Morgan fingerprint density at radius 3 is 2.45 bits per heavy atom. The number of hydrogen-bond donors (Lipinski definition) is 2. The van der Waals surface area contributed by atoms with E-state index < -0.39 is 10.8 Å². The number of nitrogens with two attached hydrogens (primary N) is 1. The lowest BCUT2D eigenvalue weighted by Gasteiger charge is -2.27. The van der Waals surface area contributed by atoms with Crippen LogP contribution in [0, 0.1) is 0 Å². The largest absolute Gasteiger partial charge is 0.341 e.